The summed E-state index contributed by atoms with van der Waals surface area (Å²) in [6, 6.07) is 9.58. The number of rotatable bonds is 13. The van der Waals surface area contributed by atoms with Gasteiger partial charge in [0.1, 0.15) is 18.3 Å². The van der Waals surface area contributed by atoms with E-state index in [9.17, 15) is 25.2 Å². The maximum absolute atomic E-state index is 11.2. The Labute approximate surface area is 159 Å². The molecule has 0 aliphatic carbocycles. The zero-order valence-electron chi connectivity index (χ0n) is 15.6. The van der Waals surface area contributed by atoms with E-state index in [0.717, 1.165) is 5.56 Å². The fourth-order valence-electron chi connectivity index (χ4n) is 2.72. The summed E-state index contributed by atoms with van der Waals surface area (Å²) in [7, 11) is 1.34. The third-order valence-electron chi connectivity index (χ3n) is 4.35. The minimum atomic E-state index is -1.65. The Morgan fingerprint density at radius 2 is 1.67 bits per heavy atom. The lowest BCUT2D eigenvalue weighted by Gasteiger charge is -2.30. The molecule has 0 amide bonds. The van der Waals surface area contributed by atoms with E-state index in [2.05, 4.69) is 4.74 Å². The molecule has 4 atom stereocenters. The number of nitrogens with zero attached hydrogens (tertiary/aromatic N) is 1. The van der Waals surface area contributed by atoms with Gasteiger partial charge in [0, 0.05) is 19.5 Å². The quantitative estimate of drug-likeness (QED) is 0.222. The summed E-state index contributed by atoms with van der Waals surface area (Å²) in [4.78, 5) is 13.1. The number of unbranched alkanes of at least 4 members (excludes halogenated alkanes) is 1. The molecule has 5 N–H and O–H groups in total. The van der Waals surface area contributed by atoms with E-state index in [4.69, 9.17) is 5.11 Å². The van der Waals surface area contributed by atoms with Crippen molar-refractivity contribution in [3.63, 3.8) is 0 Å². The minimum Gasteiger partial charge on any atom is -0.469 e. The number of hydrogen-bond acceptors (Lipinski definition) is 8. The van der Waals surface area contributed by atoms with E-state index < -0.39 is 31.0 Å². The van der Waals surface area contributed by atoms with Crippen molar-refractivity contribution in [1.82, 2.24) is 4.90 Å². The molecule has 0 spiro atoms. The van der Waals surface area contributed by atoms with Crippen molar-refractivity contribution >= 4 is 5.97 Å². The van der Waals surface area contributed by atoms with Gasteiger partial charge in [-0.2, -0.15) is 0 Å². The summed E-state index contributed by atoms with van der Waals surface area (Å²) in [5, 5.41) is 48.3. The van der Waals surface area contributed by atoms with Gasteiger partial charge in [-0.3, -0.25) is 9.69 Å². The predicted molar refractivity (Wildman–Crippen MR) is 98.7 cm³/mol. The van der Waals surface area contributed by atoms with Gasteiger partial charge in [0.2, 0.25) is 0 Å². The minimum absolute atomic E-state index is 0.0590. The highest BCUT2D eigenvalue weighted by Crippen LogP contribution is 2.12. The molecule has 0 heterocycles. The summed E-state index contributed by atoms with van der Waals surface area (Å²) in [5.74, 6) is -0.277. The summed E-state index contributed by atoms with van der Waals surface area (Å²) >= 11 is 0. The first-order valence-electron chi connectivity index (χ1n) is 9.05. The number of methoxy groups -OCH3 is 1. The molecule has 154 valence electrons. The molecule has 0 fully saturated rings. The molecule has 0 saturated carbocycles. The van der Waals surface area contributed by atoms with Crippen molar-refractivity contribution in [2.24, 2.45) is 0 Å². The average molecular weight is 385 g/mol. The molecule has 8 nitrogen and oxygen atoms in total. The Kier molecular flexibility index (Phi) is 11.1. The second-order valence-electron chi connectivity index (χ2n) is 6.55. The van der Waals surface area contributed by atoms with Gasteiger partial charge in [0.25, 0.3) is 0 Å². The molecule has 0 saturated heterocycles. The first kappa shape index (κ1) is 23.5. The van der Waals surface area contributed by atoms with Gasteiger partial charge in [-0.1, -0.05) is 30.3 Å². The molecule has 0 aromatic heterocycles. The number of ether oxygens (including phenoxy) is 1. The van der Waals surface area contributed by atoms with Crippen LogP contribution in [0.25, 0.3) is 0 Å². The Morgan fingerprint density at radius 1 is 1.04 bits per heavy atom. The van der Waals surface area contributed by atoms with Crippen LogP contribution in [0.15, 0.2) is 30.3 Å². The van der Waals surface area contributed by atoms with Crippen LogP contribution in [0.5, 0.6) is 0 Å². The van der Waals surface area contributed by atoms with Crippen LogP contribution in [-0.2, 0) is 16.1 Å². The number of aliphatic hydroxyl groups excluding tert-OH is 5. The van der Waals surface area contributed by atoms with Crippen LogP contribution in [-0.4, -0.2) is 87.6 Å². The molecule has 0 aliphatic heterocycles. The van der Waals surface area contributed by atoms with Crippen molar-refractivity contribution in [3.05, 3.63) is 35.9 Å². The Balaban J connectivity index is 2.64. The van der Waals surface area contributed by atoms with Crippen molar-refractivity contribution in [2.45, 2.75) is 50.2 Å². The molecule has 27 heavy (non-hydrogen) atoms. The second-order valence-corrected chi connectivity index (χ2v) is 6.55. The zero-order chi connectivity index (χ0) is 20.2. The summed E-state index contributed by atoms with van der Waals surface area (Å²) in [5.41, 5.74) is 1.02. The normalized spacial score (nSPS) is 16.0. The number of carbonyl (C=O) groups excluding carboxylic acids is 1. The molecule has 0 aliphatic rings. The SMILES string of the molecule is COC(=O)CCCCN(Cc1ccccc1)CC(O)C(O)C(O)C(O)CO. The molecule has 4 unspecified atom stereocenters. The Bertz CT molecular complexity index is 528. The fraction of sp³-hybridized carbons (Fsp3) is 0.632. The lowest BCUT2D eigenvalue weighted by atomic mass is 10.0. The molecule has 1 aromatic rings. The maximum Gasteiger partial charge on any atom is 0.305 e. The standard InChI is InChI=1S/C19H31NO7/c1-27-17(24)9-5-6-10-20(11-14-7-3-2-4-8-14)12-15(22)18(25)19(26)16(23)13-21/h2-4,7-8,15-16,18-19,21-23,25-26H,5-6,9-13H2,1H3. The van der Waals surface area contributed by atoms with Crippen LogP contribution in [0.1, 0.15) is 24.8 Å². The van der Waals surface area contributed by atoms with Gasteiger partial charge >= 0.3 is 5.97 Å². The molecule has 1 rings (SSSR count). The first-order chi connectivity index (χ1) is 12.9. The number of carbonyl (C=O) groups is 1. The maximum atomic E-state index is 11.2. The van der Waals surface area contributed by atoms with E-state index in [0.29, 0.717) is 32.4 Å². The summed E-state index contributed by atoms with van der Waals surface area (Å²) < 4.78 is 4.61. The van der Waals surface area contributed by atoms with Gasteiger partial charge in [-0.15, -0.1) is 0 Å². The van der Waals surface area contributed by atoms with Crippen LogP contribution in [0, 0.1) is 0 Å². The molecule has 0 radical (unpaired) electrons. The van der Waals surface area contributed by atoms with Crippen LogP contribution in [0.2, 0.25) is 0 Å². The highest BCUT2D eigenvalue weighted by atomic mass is 16.5. The smallest absolute Gasteiger partial charge is 0.305 e. The van der Waals surface area contributed by atoms with E-state index in [1.54, 1.807) is 0 Å². The molecular weight excluding hydrogens is 354 g/mol. The van der Waals surface area contributed by atoms with Crippen LogP contribution in [0.3, 0.4) is 0 Å². The molecule has 0 bridgehead atoms. The van der Waals surface area contributed by atoms with E-state index in [-0.39, 0.29) is 12.5 Å². The Hall–Kier alpha value is -1.55. The molecular formula is C19H31NO7. The van der Waals surface area contributed by atoms with Crippen molar-refractivity contribution in [1.29, 1.82) is 0 Å². The highest BCUT2D eigenvalue weighted by Gasteiger charge is 2.31. The van der Waals surface area contributed by atoms with E-state index in [1.165, 1.54) is 7.11 Å². The lowest BCUT2D eigenvalue weighted by molar-refractivity contribution is -0.140. The van der Waals surface area contributed by atoms with Crippen molar-refractivity contribution < 1.29 is 35.1 Å². The lowest BCUT2D eigenvalue weighted by Crippen LogP contribution is -2.49. The number of hydrogen-bond donors (Lipinski definition) is 5. The van der Waals surface area contributed by atoms with Crippen LogP contribution >= 0.6 is 0 Å². The molecule has 8 heteroatoms. The van der Waals surface area contributed by atoms with Gasteiger partial charge in [0.05, 0.1) is 19.8 Å². The monoisotopic (exact) mass is 385 g/mol. The van der Waals surface area contributed by atoms with Gasteiger partial charge < -0.3 is 30.3 Å². The largest absolute Gasteiger partial charge is 0.469 e. The van der Waals surface area contributed by atoms with Crippen molar-refractivity contribution in [3.8, 4) is 0 Å². The van der Waals surface area contributed by atoms with E-state index in [1.807, 2.05) is 35.2 Å². The number of aliphatic hydroxyl groups is 5. The zero-order valence-corrected chi connectivity index (χ0v) is 15.6. The average Bonchev–Trinajstić information content (AvgIpc) is 2.69. The predicted octanol–water partition coefficient (Wildman–Crippen LogP) is -0.732. The topological polar surface area (TPSA) is 131 Å². The van der Waals surface area contributed by atoms with Crippen LogP contribution in [0.4, 0.5) is 0 Å². The van der Waals surface area contributed by atoms with Crippen LogP contribution < -0.4 is 0 Å². The third kappa shape index (κ3) is 8.79. The molecule has 1 aromatic carbocycles. The second kappa shape index (κ2) is 12.8. The van der Waals surface area contributed by atoms with Gasteiger partial charge in [0.15, 0.2) is 0 Å². The number of esters is 1. The number of benzene rings is 1. The summed E-state index contributed by atoms with van der Waals surface area (Å²) in [6.45, 7) is 0.422. The van der Waals surface area contributed by atoms with Gasteiger partial charge in [-0.25, -0.2) is 0 Å². The highest BCUT2D eigenvalue weighted by molar-refractivity contribution is 5.68. The van der Waals surface area contributed by atoms with E-state index >= 15 is 0 Å². The summed E-state index contributed by atoms with van der Waals surface area (Å²) in [6.07, 6.45) is -4.47. The first-order valence-corrected chi connectivity index (χ1v) is 9.05. The Morgan fingerprint density at radius 3 is 2.26 bits per heavy atom. The third-order valence-corrected chi connectivity index (χ3v) is 4.35. The fourth-order valence-corrected chi connectivity index (χ4v) is 2.72. The van der Waals surface area contributed by atoms with Crippen molar-refractivity contribution in [2.75, 3.05) is 26.8 Å². The van der Waals surface area contributed by atoms with Gasteiger partial charge in [-0.05, 0) is 24.9 Å².